The van der Waals surface area contributed by atoms with Crippen molar-refractivity contribution in [2.75, 3.05) is 31.1 Å². The van der Waals surface area contributed by atoms with E-state index in [9.17, 15) is 13.2 Å². The zero-order valence-corrected chi connectivity index (χ0v) is 21.8. The monoisotopic (exact) mass is 549 g/mol. The molecule has 6 nitrogen and oxygen atoms in total. The van der Waals surface area contributed by atoms with Crippen LogP contribution in [0.15, 0.2) is 60.8 Å². The molecule has 0 unspecified atom stereocenters. The molecule has 3 aromatic rings. The molecule has 0 aliphatic carbocycles. The number of carbonyl (C=O) groups is 1. The number of piperidine rings is 1. The number of anilines is 1. The Bertz CT molecular complexity index is 1210. The van der Waals surface area contributed by atoms with Gasteiger partial charge in [0.1, 0.15) is 5.82 Å². The maximum atomic E-state index is 10.6. The third kappa shape index (κ3) is 7.15. The molecule has 1 aromatic heterocycles. The Balaban J connectivity index is 0.000000426. The maximum Gasteiger partial charge on any atom is 0.490 e. The van der Waals surface area contributed by atoms with Crippen molar-refractivity contribution >= 4 is 34.2 Å². The minimum atomic E-state index is -5.08. The van der Waals surface area contributed by atoms with Gasteiger partial charge in [0.05, 0.1) is 12.7 Å². The highest BCUT2D eigenvalue weighted by Gasteiger charge is 2.38. The Morgan fingerprint density at radius 1 is 1.11 bits per heavy atom. The SMILES string of the molecule is C[C@H]1CN(C2CCN(c3nccc4ccccc34)CC2)[C@@H](Cc2ccc(Cl)cc2)CO1.O=C(O)C(F)(F)F. The summed E-state index contributed by atoms with van der Waals surface area (Å²) in [6.07, 6.45) is 0.479. The number of nitrogens with zero attached hydrogens (tertiary/aromatic N) is 3. The number of carboxylic acid groups (broad SMARTS) is 1. The maximum absolute atomic E-state index is 10.6. The van der Waals surface area contributed by atoms with Crippen LogP contribution in [0, 0.1) is 0 Å². The fraction of sp³-hybridized carbons (Fsp3) is 0.429. The number of ether oxygens (including phenoxy) is 1. The number of carboxylic acids is 1. The van der Waals surface area contributed by atoms with E-state index in [-0.39, 0.29) is 0 Å². The van der Waals surface area contributed by atoms with Crippen molar-refractivity contribution in [3.05, 3.63) is 71.4 Å². The van der Waals surface area contributed by atoms with E-state index in [1.807, 2.05) is 18.3 Å². The van der Waals surface area contributed by atoms with Crippen molar-refractivity contribution in [1.82, 2.24) is 9.88 Å². The second-order valence-electron chi connectivity index (χ2n) is 9.70. The van der Waals surface area contributed by atoms with Crippen LogP contribution in [-0.2, 0) is 16.0 Å². The summed E-state index contributed by atoms with van der Waals surface area (Å²) in [6.45, 7) is 6.10. The van der Waals surface area contributed by atoms with E-state index in [0.29, 0.717) is 18.2 Å². The topological polar surface area (TPSA) is 65.9 Å². The minimum absolute atomic E-state index is 0.291. The van der Waals surface area contributed by atoms with E-state index in [1.54, 1.807) is 0 Å². The van der Waals surface area contributed by atoms with Gasteiger partial charge in [-0.2, -0.15) is 13.2 Å². The highest BCUT2D eigenvalue weighted by molar-refractivity contribution is 6.30. The molecule has 5 rings (SSSR count). The zero-order chi connectivity index (χ0) is 27.3. The summed E-state index contributed by atoms with van der Waals surface area (Å²) >= 11 is 6.08. The van der Waals surface area contributed by atoms with Gasteiger partial charge in [0, 0.05) is 48.3 Å². The lowest BCUT2D eigenvalue weighted by Crippen LogP contribution is -2.56. The Hall–Kier alpha value is -2.88. The van der Waals surface area contributed by atoms with Crippen LogP contribution in [-0.4, -0.2) is 71.6 Å². The van der Waals surface area contributed by atoms with Gasteiger partial charge in [-0.1, -0.05) is 48.0 Å². The largest absolute Gasteiger partial charge is 0.490 e. The summed E-state index contributed by atoms with van der Waals surface area (Å²) in [5.41, 5.74) is 1.33. The van der Waals surface area contributed by atoms with Crippen LogP contribution in [0.5, 0.6) is 0 Å². The summed E-state index contributed by atoms with van der Waals surface area (Å²) < 4.78 is 37.8. The molecule has 0 bridgehead atoms. The van der Waals surface area contributed by atoms with Gasteiger partial charge in [0.25, 0.3) is 0 Å². The van der Waals surface area contributed by atoms with Gasteiger partial charge >= 0.3 is 12.1 Å². The van der Waals surface area contributed by atoms with Gasteiger partial charge in [-0.25, -0.2) is 9.78 Å². The lowest BCUT2D eigenvalue weighted by molar-refractivity contribution is -0.192. The van der Waals surface area contributed by atoms with Crippen molar-refractivity contribution in [3.63, 3.8) is 0 Å². The number of hydrogen-bond donors (Lipinski definition) is 1. The minimum Gasteiger partial charge on any atom is -0.475 e. The predicted molar refractivity (Wildman–Crippen MR) is 142 cm³/mol. The van der Waals surface area contributed by atoms with Crippen LogP contribution in [0.4, 0.5) is 19.0 Å². The molecule has 3 heterocycles. The molecule has 2 aliphatic rings. The Morgan fingerprint density at radius 2 is 1.76 bits per heavy atom. The average molecular weight is 550 g/mol. The fourth-order valence-corrected chi connectivity index (χ4v) is 5.28. The van der Waals surface area contributed by atoms with Crippen molar-refractivity contribution in [2.24, 2.45) is 0 Å². The number of aromatic nitrogens is 1. The first-order valence-electron chi connectivity index (χ1n) is 12.6. The molecule has 2 aromatic carbocycles. The summed E-state index contributed by atoms with van der Waals surface area (Å²) in [5.74, 6) is -1.63. The number of halogens is 4. The molecule has 10 heteroatoms. The van der Waals surface area contributed by atoms with Crippen LogP contribution in [0.1, 0.15) is 25.3 Å². The zero-order valence-electron chi connectivity index (χ0n) is 21.1. The van der Waals surface area contributed by atoms with Crippen LogP contribution < -0.4 is 4.90 Å². The second-order valence-corrected chi connectivity index (χ2v) is 10.1. The van der Waals surface area contributed by atoms with E-state index in [0.717, 1.165) is 56.3 Å². The molecule has 0 spiro atoms. The van der Waals surface area contributed by atoms with Gasteiger partial charge in [0.15, 0.2) is 0 Å². The number of fused-ring (bicyclic) bond motifs is 1. The number of benzene rings is 2. The normalized spacial score (nSPS) is 21.1. The molecule has 204 valence electrons. The number of hydrogen-bond acceptors (Lipinski definition) is 5. The van der Waals surface area contributed by atoms with E-state index in [2.05, 4.69) is 59.2 Å². The highest BCUT2D eigenvalue weighted by Crippen LogP contribution is 2.30. The lowest BCUT2D eigenvalue weighted by atomic mass is 9.96. The lowest BCUT2D eigenvalue weighted by Gasteiger charge is -2.46. The van der Waals surface area contributed by atoms with Gasteiger partial charge in [-0.3, -0.25) is 4.90 Å². The van der Waals surface area contributed by atoms with E-state index < -0.39 is 12.1 Å². The second kappa shape index (κ2) is 12.3. The van der Waals surface area contributed by atoms with Crippen LogP contribution >= 0.6 is 11.6 Å². The summed E-state index contributed by atoms with van der Waals surface area (Å²) in [6, 6.07) is 19.9. The summed E-state index contributed by atoms with van der Waals surface area (Å²) in [4.78, 5) is 18.8. The fourth-order valence-electron chi connectivity index (χ4n) is 5.15. The van der Waals surface area contributed by atoms with Gasteiger partial charge < -0.3 is 14.7 Å². The van der Waals surface area contributed by atoms with Gasteiger partial charge in [0.2, 0.25) is 0 Å². The molecule has 2 aliphatic heterocycles. The smallest absolute Gasteiger partial charge is 0.475 e. The number of alkyl halides is 3. The van der Waals surface area contributed by atoms with Gasteiger partial charge in [-0.15, -0.1) is 0 Å². The van der Waals surface area contributed by atoms with E-state index in [4.69, 9.17) is 31.2 Å². The summed E-state index contributed by atoms with van der Waals surface area (Å²) in [7, 11) is 0. The molecule has 38 heavy (non-hydrogen) atoms. The van der Waals surface area contributed by atoms with E-state index in [1.165, 1.54) is 16.3 Å². The molecule has 0 radical (unpaired) electrons. The molecular formula is C28H31ClF3N3O3. The van der Waals surface area contributed by atoms with Crippen molar-refractivity contribution < 1.29 is 27.8 Å². The average Bonchev–Trinajstić information content (AvgIpc) is 2.90. The first-order valence-corrected chi connectivity index (χ1v) is 13.0. The standard InChI is InChI=1S/C26H30ClN3O.C2HF3O2/c1-19-17-30(24(18-31-19)16-20-6-8-22(27)9-7-20)23-11-14-29(15-12-23)26-25-5-3-2-4-21(25)10-13-28-26;3-2(4,5)1(6)7/h2-10,13,19,23-24H,11-12,14-18H2,1H3;(H,6,7)/t19-,24-;/m0./s1. The Morgan fingerprint density at radius 3 is 2.42 bits per heavy atom. The molecular weight excluding hydrogens is 519 g/mol. The third-order valence-electron chi connectivity index (χ3n) is 7.02. The number of rotatable bonds is 4. The summed E-state index contributed by atoms with van der Waals surface area (Å²) in [5, 5.41) is 10.4. The van der Waals surface area contributed by atoms with Crippen molar-refractivity contribution in [3.8, 4) is 0 Å². The first-order chi connectivity index (χ1) is 18.1. The molecule has 2 fully saturated rings. The number of morpholine rings is 1. The van der Waals surface area contributed by atoms with Gasteiger partial charge in [-0.05, 0) is 55.3 Å². The molecule has 0 amide bonds. The van der Waals surface area contributed by atoms with Crippen molar-refractivity contribution in [2.45, 2.75) is 50.6 Å². The first kappa shape index (κ1) is 28.1. The Labute approximate surface area is 225 Å². The molecule has 1 N–H and O–H groups in total. The molecule has 0 saturated carbocycles. The Kier molecular flexibility index (Phi) is 9.12. The molecule has 2 saturated heterocycles. The molecule has 2 atom stereocenters. The van der Waals surface area contributed by atoms with E-state index >= 15 is 0 Å². The third-order valence-corrected chi connectivity index (χ3v) is 7.27. The van der Waals surface area contributed by atoms with Crippen LogP contribution in [0.3, 0.4) is 0 Å². The number of aliphatic carboxylic acids is 1. The predicted octanol–water partition coefficient (Wildman–Crippen LogP) is 5.82. The van der Waals surface area contributed by atoms with Crippen molar-refractivity contribution in [1.29, 1.82) is 0 Å². The van der Waals surface area contributed by atoms with Crippen LogP contribution in [0.2, 0.25) is 5.02 Å². The quantitative estimate of drug-likeness (QED) is 0.442. The highest BCUT2D eigenvalue weighted by atomic mass is 35.5. The van der Waals surface area contributed by atoms with Crippen LogP contribution in [0.25, 0.3) is 10.8 Å². The number of pyridine rings is 1.